The molecule has 0 atom stereocenters. The maximum absolute atomic E-state index is 5.86. The summed E-state index contributed by atoms with van der Waals surface area (Å²) in [5.41, 5.74) is 9.33. The zero-order valence-electron chi connectivity index (χ0n) is 11.0. The molecule has 2 N–H and O–H groups in total. The zero-order chi connectivity index (χ0) is 13.2. The molecule has 1 aromatic heterocycles. The van der Waals surface area contributed by atoms with Crippen LogP contribution in [0.4, 0.5) is 11.5 Å². The second kappa shape index (κ2) is 4.80. The molecule has 1 aliphatic heterocycles. The number of fused-ring (bicyclic) bond motifs is 1. The van der Waals surface area contributed by atoms with Gasteiger partial charge in [0.1, 0.15) is 0 Å². The number of nitrogen functional groups attached to an aromatic ring is 1. The monoisotopic (exact) mass is 255 g/mol. The molecule has 1 aromatic carbocycles. The lowest BCUT2D eigenvalue weighted by Gasteiger charge is -2.30. The van der Waals surface area contributed by atoms with E-state index in [1.807, 2.05) is 18.2 Å². The highest BCUT2D eigenvalue weighted by Crippen LogP contribution is 2.30. The van der Waals surface area contributed by atoms with E-state index in [-0.39, 0.29) is 0 Å². The molecular weight excluding hydrogens is 238 g/mol. The number of anilines is 2. The Hall–Kier alpha value is -2.23. The van der Waals surface area contributed by atoms with Gasteiger partial charge in [-0.2, -0.15) is 0 Å². The van der Waals surface area contributed by atoms with Crippen LogP contribution in [0, 0.1) is 0 Å². The van der Waals surface area contributed by atoms with Crippen LogP contribution >= 0.6 is 0 Å². The van der Waals surface area contributed by atoms with Crippen molar-refractivity contribution in [2.75, 3.05) is 24.3 Å². The van der Waals surface area contributed by atoms with Crippen LogP contribution in [-0.2, 0) is 13.0 Å². The van der Waals surface area contributed by atoms with E-state index < -0.39 is 0 Å². The van der Waals surface area contributed by atoms with Gasteiger partial charge in [-0.25, -0.2) is 4.98 Å². The minimum absolute atomic E-state index is 0.814. The standard InChI is InChI=1S/C15H17N3O/c1-19-14-3-2-7-17-15(14)18-8-6-11-4-5-13(16)9-12(11)10-18/h2-5,7,9H,6,8,10,16H2,1H3. The van der Waals surface area contributed by atoms with Crippen molar-refractivity contribution in [3.8, 4) is 5.75 Å². The minimum Gasteiger partial charge on any atom is -0.493 e. The van der Waals surface area contributed by atoms with Crippen molar-refractivity contribution < 1.29 is 4.74 Å². The second-order valence-electron chi connectivity index (χ2n) is 4.73. The first-order valence-electron chi connectivity index (χ1n) is 6.39. The number of benzene rings is 1. The van der Waals surface area contributed by atoms with Crippen molar-refractivity contribution in [2.45, 2.75) is 13.0 Å². The second-order valence-corrected chi connectivity index (χ2v) is 4.73. The van der Waals surface area contributed by atoms with Gasteiger partial charge in [0.05, 0.1) is 7.11 Å². The van der Waals surface area contributed by atoms with Crippen molar-refractivity contribution in [3.63, 3.8) is 0 Å². The maximum atomic E-state index is 5.86. The van der Waals surface area contributed by atoms with Gasteiger partial charge in [-0.15, -0.1) is 0 Å². The lowest BCUT2D eigenvalue weighted by molar-refractivity contribution is 0.411. The summed E-state index contributed by atoms with van der Waals surface area (Å²) in [6, 6.07) is 9.97. The number of hydrogen-bond acceptors (Lipinski definition) is 4. The molecule has 0 unspecified atom stereocenters. The summed E-state index contributed by atoms with van der Waals surface area (Å²) in [5.74, 6) is 1.72. The summed E-state index contributed by atoms with van der Waals surface area (Å²) in [4.78, 5) is 6.67. The Balaban J connectivity index is 1.93. The Labute approximate surface area is 112 Å². The molecular formula is C15H17N3O. The number of rotatable bonds is 2. The number of methoxy groups -OCH3 is 1. The Morgan fingerprint density at radius 2 is 2.16 bits per heavy atom. The van der Waals surface area contributed by atoms with Gasteiger partial charge in [-0.05, 0) is 41.8 Å². The summed E-state index contributed by atoms with van der Waals surface area (Å²) in [6.07, 6.45) is 2.81. The van der Waals surface area contributed by atoms with Gasteiger partial charge in [0.2, 0.25) is 0 Å². The smallest absolute Gasteiger partial charge is 0.171 e. The van der Waals surface area contributed by atoms with Crippen LogP contribution in [0.25, 0.3) is 0 Å². The number of aromatic nitrogens is 1. The fourth-order valence-corrected chi connectivity index (χ4v) is 2.54. The van der Waals surface area contributed by atoms with Gasteiger partial charge in [0.25, 0.3) is 0 Å². The molecule has 1 aliphatic rings. The van der Waals surface area contributed by atoms with Gasteiger partial charge >= 0.3 is 0 Å². The van der Waals surface area contributed by atoms with E-state index in [4.69, 9.17) is 10.5 Å². The van der Waals surface area contributed by atoms with E-state index in [2.05, 4.69) is 22.0 Å². The molecule has 0 saturated carbocycles. The molecule has 0 aliphatic carbocycles. The van der Waals surface area contributed by atoms with Crippen molar-refractivity contribution >= 4 is 11.5 Å². The highest BCUT2D eigenvalue weighted by molar-refractivity contribution is 5.55. The van der Waals surface area contributed by atoms with Crippen molar-refractivity contribution in [2.24, 2.45) is 0 Å². The van der Waals surface area contributed by atoms with E-state index in [1.54, 1.807) is 13.3 Å². The first kappa shape index (κ1) is 11.8. The predicted octanol–water partition coefficient (Wildman–Crippen LogP) is 2.24. The molecule has 0 fully saturated rings. The Kier molecular flexibility index (Phi) is 2.99. The van der Waals surface area contributed by atoms with Gasteiger partial charge in [-0.1, -0.05) is 6.07 Å². The molecule has 0 saturated heterocycles. The van der Waals surface area contributed by atoms with E-state index in [0.29, 0.717) is 0 Å². The molecule has 2 aromatic rings. The van der Waals surface area contributed by atoms with Crippen molar-refractivity contribution in [3.05, 3.63) is 47.7 Å². The molecule has 4 heteroatoms. The minimum atomic E-state index is 0.814. The molecule has 98 valence electrons. The zero-order valence-corrected chi connectivity index (χ0v) is 11.0. The molecule has 0 spiro atoms. The summed E-state index contributed by atoms with van der Waals surface area (Å²) in [6.45, 7) is 1.78. The van der Waals surface area contributed by atoms with E-state index in [0.717, 1.165) is 36.8 Å². The third-order valence-electron chi connectivity index (χ3n) is 3.51. The lowest BCUT2D eigenvalue weighted by atomic mass is 9.99. The Bertz CT molecular complexity index is 598. The van der Waals surface area contributed by atoms with Crippen molar-refractivity contribution in [1.82, 2.24) is 4.98 Å². The van der Waals surface area contributed by atoms with Crippen LogP contribution in [0.15, 0.2) is 36.5 Å². The van der Waals surface area contributed by atoms with Crippen LogP contribution in [0.3, 0.4) is 0 Å². The fourth-order valence-electron chi connectivity index (χ4n) is 2.54. The molecule has 19 heavy (non-hydrogen) atoms. The first-order chi connectivity index (χ1) is 9.28. The normalized spacial score (nSPS) is 14.1. The summed E-state index contributed by atoms with van der Waals surface area (Å²) in [7, 11) is 1.68. The van der Waals surface area contributed by atoms with Crippen LogP contribution in [0.2, 0.25) is 0 Å². The lowest BCUT2D eigenvalue weighted by Crippen LogP contribution is -2.31. The fraction of sp³-hybridized carbons (Fsp3) is 0.267. The average molecular weight is 255 g/mol. The van der Waals surface area contributed by atoms with Gasteiger partial charge in [0.15, 0.2) is 11.6 Å². The predicted molar refractivity (Wildman–Crippen MR) is 76.4 cm³/mol. The third kappa shape index (κ3) is 2.21. The number of hydrogen-bond donors (Lipinski definition) is 1. The van der Waals surface area contributed by atoms with E-state index in [1.165, 1.54) is 11.1 Å². The van der Waals surface area contributed by atoms with Gasteiger partial charge < -0.3 is 15.4 Å². The topological polar surface area (TPSA) is 51.4 Å². The third-order valence-corrected chi connectivity index (χ3v) is 3.51. The van der Waals surface area contributed by atoms with Crippen LogP contribution < -0.4 is 15.4 Å². The highest BCUT2D eigenvalue weighted by atomic mass is 16.5. The van der Waals surface area contributed by atoms with Crippen LogP contribution in [0.5, 0.6) is 5.75 Å². The molecule has 3 rings (SSSR count). The van der Waals surface area contributed by atoms with E-state index in [9.17, 15) is 0 Å². The molecule has 4 nitrogen and oxygen atoms in total. The number of nitrogens with two attached hydrogens (primary N) is 1. The quantitative estimate of drug-likeness (QED) is 0.836. The molecule has 2 heterocycles. The van der Waals surface area contributed by atoms with Crippen LogP contribution in [0.1, 0.15) is 11.1 Å². The first-order valence-corrected chi connectivity index (χ1v) is 6.39. The van der Waals surface area contributed by atoms with Gasteiger partial charge in [0, 0.05) is 25.0 Å². The summed E-state index contributed by atoms with van der Waals surface area (Å²) >= 11 is 0. The van der Waals surface area contributed by atoms with E-state index >= 15 is 0 Å². The van der Waals surface area contributed by atoms with Gasteiger partial charge in [-0.3, -0.25) is 0 Å². The highest BCUT2D eigenvalue weighted by Gasteiger charge is 2.20. The maximum Gasteiger partial charge on any atom is 0.171 e. The molecule has 0 amide bonds. The number of ether oxygens (including phenoxy) is 1. The van der Waals surface area contributed by atoms with Crippen molar-refractivity contribution in [1.29, 1.82) is 0 Å². The molecule has 0 radical (unpaired) electrons. The van der Waals surface area contributed by atoms with Crippen LogP contribution in [-0.4, -0.2) is 18.6 Å². The number of pyridine rings is 1. The Morgan fingerprint density at radius 1 is 1.26 bits per heavy atom. The SMILES string of the molecule is COc1cccnc1N1CCc2ccc(N)cc2C1. The summed E-state index contributed by atoms with van der Waals surface area (Å²) < 4.78 is 5.38. The summed E-state index contributed by atoms with van der Waals surface area (Å²) in [5, 5.41) is 0. The number of nitrogens with zero attached hydrogens (tertiary/aromatic N) is 2. The Morgan fingerprint density at radius 3 is 3.00 bits per heavy atom. The average Bonchev–Trinajstić information content (AvgIpc) is 2.46. The molecule has 0 bridgehead atoms. The largest absolute Gasteiger partial charge is 0.493 e.